The Labute approximate surface area is 171 Å². The van der Waals surface area contributed by atoms with Gasteiger partial charge in [-0.25, -0.2) is 9.97 Å². The average Bonchev–Trinajstić information content (AvgIpc) is 3.55. The van der Waals surface area contributed by atoms with E-state index < -0.39 is 0 Å². The lowest BCUT2D eigenvalue weighted by molar-refractivity contribution is -0.133. The first-order valence-electron chi connectivity index (χ1n) is 11.2. The SMILES string of the molecule is O=C(CC1CCCC1)N1CCC[C@@H]1c1[nH]ncc1-c1ccnc(N2CCCC2)n1. The fourth-order valence-electron chi connectivity index (χ4n) is 5.27. The molecule has 3 aliphatic rings. The van der Waals surface area contributed by atoms with Crippen LogP contribution in [0.25, 0.3) is 11.3 Å². The second-order valence-electron chi connectivity index (χ2n) is 8.73. The van der Waals surface area contributed by atoms with E-state index in [4.69, 9.17) is 4.98 Å². The molecule has 4 heterocycles. The van der Waals surface area contributed by atoms with E-state index in [1.54, 1.807) is 0 Å². The van der Waals surface area contributed by atoms with Gasteiger partial charge in [0.1, 0.15) is 0 Å². The quantitative estimate of drug-likeness (QED) is 0.836. The van der Waals surface area contributed by atoms with Crippen molar-refractivity contribution in [2.24, 2.45) is 5.92 Å². The number of hydrogen-bond acceptors (Lipinski definition) is 5. The van der Waals surface area contributed by atoms with Gasteiger partial charge < -0.3 is 9.80 Å². The Hall–Kier alpha value is -2.44. The van der Waals surface area contributed by atoms with Gasteiger partial charge in [-0.2, -0.15) is 5.10 Å². The van der Waals surface area contributed by atoms with Crippen molar-refractivity contribution in [3.8, 4) is 11.3 Å². The van der Waals surface area contributed by atoms with Crippen LogP contribution in [0.15, 0.2) is 18.5 Å². The van der Waals surface area contributed by atoms with E-state index in [1.165, 1.54) is 38.5 Å². The highest BCUT2D eigenvalue weighted by Gasteiger charge is 2.34. The molecule has 154 valence electrons. The molecule has 2 aliphatic heterocycles. The summed E-state index contributed by atoms with van der Waals surface area (Å²) in [7, 11) is 0. The van der Waals surface area contributed by atoms with Gasteiger partial charge in [-0.05, 0) is 50.5 Å². The van der Waals surface area contributed by atoms with Crippen molar-refractivity contribution < 1.29 is 4.79 Å². The van der Waals surface area contributed by atoms with Gasteiger partial charge in [-0.15, -0.1) is 0 Å². The Morgan fingerprint density at radius 3 is 2.72 bits per heavy atom. The van der Waals surface area contributed by atoms with Gasteiger partial charge in [0.25, 0.3) is 0 Å². The maximum absolute atomic E-state index is 13.0. The highest BCUT2D eigenvalue weighted by molar-refractivity contribution is 5.78. The minimum absolute atomic E-state index is 0.0756. The van der Waals surface area contributed by atoms with Gasteiger partial charge in [0.15, 0.2) is 0 Å². The highest BCUT2D eigenvalue weighted by Crippen LogP contribution is 2.38. The summed E-state index contributed by atoms with van der Waals surface area (Å²) in [5.74, 6) is 1.68. The van der Waals surface area contributed by atoms with Crippen molar-refractivity contribution in [3.05, 3.63) is 24.2 Å². The lowest BCUT2D eigenvalue weighted by Gasteiger charge is -2.26. The second kappa shape index (κ2) is 8.13. The summed E-state index contributed by atoms with van der Waals surface area (Å²) in [6.07, 6.45) is 13.8. The van der Waals surface area contributed by atoms with Crippen molar-refractivity contribution in [1.29, 1.82) is 0 Å². The van der Waals surface area contributed by atoms with Crippen LogP contribution in [0, 0.1) is 5.92 Å². The number of aromatic amines is 1. The molecule has 1 N–H and O–H groups in total. The molecule has 29 heavy (non-hydrogen) atoms. The Morgan fingerprint density at radius 1 is 1.07 bits per heavy atom. The fourth-order valence-corrected chi connectivity index (χ4v) is 5.27. The zero-order chi connectivity index (χ0) is 19.6. The molecule has 7 nitrogen and oxygen atoms in total. The van der Waals surface area contributed by atoms with Crippen LogP contribution in [0.3, 0.4) is 0 Å². The van der Waals surface area contributed by atoms with Gasteiger partial charge in [-0.3, -0.25) is 9.89 Å². The van der Waals surface area contributed by atoms with Crippen LogP contribution in [-0.2, 0) is 4.79 Å². The van der Waals surface area contributed by atoms with Gasteiger partial charge >= 0.3 is 0 Å². The van der Waals surface area contributed by atoms with Crippen LogP contribution >= 0.6 is 0 Å². The highest BCUT2D eigenvalue weighted by atomic mass is 16.2. The van der Waals surface area contributed by atoms with E-state index in [-0.39, 0.29) is 6.04 Å². The molecule has 0 bridgehead atoms. The van der Waals surface area contributed by atoms with Gasteiger partial charge in [0, 0.05) is 37.8 Å². The lowest BCUT2D eigenvalue weighted by atomic mass is 10.0. The van der Waals surface area contributed by atoms with Crippen molar-refractivity contribution in [2.45, 2.75) is 63.8 Å². The fraction of sp³-hybridized carbons (Fsp3) is 0.636. The molecule has 0 spiro atoms. The summed E-state index contributed by atoms with van der Waals surface area (Å²) in [5, 5.41) is 7.53. The van der Waals surface area contributed by atoms with Gasteiger partial charge in [-0.1, -0.05) is 12.8 Å². The summed E-state index contributed by atoms with van der Waals surface area (Å²) in [6.45, 7) is 2.89. The monoisotopic (exact) mass is 394 g/mol. The molecule has 1 saturated carbocycles. The standard InChI is InChI=1S/C22H30N6O/c29-20(14-16-6-1-2-7-16)28-13-5-8-19(28)21-17(15-24-26-21)18-9-10-23-22(25-18)27-11-3-4-12-27/h9-10,15-16,19H,1-8,11-14H2,(H,24,26)/t19-/m1/s1. The van der Waals surface area contributed by atoms with Gasteiger partial charge in [0.2, 0.25) is 11.9 Å². The first-order valence-corrected chi connectivity index (χ1v) is 11.2. The van der Waals surface area contributed by atoms with E-state index in [0.29, 0.717) is 18.2 Å². The third-order valence-corrected chi connectivity index (χ3v) is 6.82. The van der Waals surface area contributed by atoms with E-state index in [1.807, 2.05) is 18.5 Å². The molecule has 1 aliphatic carbocycles. The third-order valence-electron chi connectivity index (χ3n) is 6.82. The van der Waals surface area contributed by atoms with E-state index in [9.17, 15) is 4.79 Å². The van der Waals surface area contributed by atoms with Crippen LogP contribution in [0.1, 0.15) is 69.5 Å². The maximum atomic E-state index is 13.0. The Balaban J connectivity index is 1.38. The van der Waals surface area contributed by atoms with Crippen molar-refractivity contribution in [2.75, 3.05) is 24.5 Å². The van der Waals surface area contributed by atoms with Crippen molar-refractivity contribution in [3.63, 3.8) is 0 Å². The number of carbonyl (C=O) groups is 1. The number of amides is 1. The molecule has 3 fully saturated rings. The minimum Gasteiger partial charge on any atom is -0.341 e. The number of nitrogens with one attached hydrogen (secondary N) is 1. The molecule has 2 saturated heterocycles. The number of likely N-dealkylation sites (tertiary alicyclic amines) is 1. The molecule has 1 amide bonds. The molecule has 2 aromatic rings. The van der Waals surface area contributed by atoms with Crippen LogP contribution in [0.5, 0.6) is 0 Å². The largest absolute Gasteiger partial charge is 0.341 e. The van der Waals surface area contributed by atoms with E-state index >= 15 is 0 Å². The maximum Gasteiger partial charge on any atom is 0.225 e. The molecular formula is C22H30N6O. The predicted molar refractivity (Wildman–Crippen MR) is 111 cm³/mol. The topological polar surface area (TPSA) is 78.0 Å². The van der Waals surface area contributed by atoms with Crippen LogP contribution in [0.4, 0.5) is 5.95 Å². The van der Waals surface area contributed by atoms with Crippen LogP contribution < -0.4 is 4.90 Å². The summed E-state index contributed by atoms with van der Waals surface area (Å²) >= 11 is 0. The van der Waals surface area contributed by atoms with Gasteiger partial charge in [0.05, 0.1) is 23.6 Å². The average molecular weight is 395 g/mol. The Kier molecular flexibility index (Phi) is 5.21. The number of H-pyrrole nitrogens is 1. The minimum atomic E-state index is 0.0756. The Morgan fingerprint density at radius 2 is 1.90 bits per heavy atom. The number of aromatic nitrogens is 4. The molecule has 0 radical (unpaired) electrons. The van der Waals surface area contributed by atoms with Crippen LogP contribution in [0.2, 0.25) is 0 Å². The smallest absolute Gasteiger partial charge is 0.225 e. The number of anilines is 1. The molecule has 1 atom stereocenters. The first kappa shape index (κ1) is 18.6. The first-order chi connectivity index (χ1) is 14.3. The van der Waals surface area contributed by atoms with E-state index in [0.717, 1.165) is 55.4 Å². The summed E-state index contributed by atoms with van der Waals surface area (Å²) < 4.78 is 0. The molecule has 0 unspecified atom stereocenters. The lowest BCUT2D eigenvalue weighted by Crippen LogP contribution is -2.32. The van der Waals surface area contributed by atoms with Crippen LogP contribution in [-0.4, -0.2) is 50.6 Å². The summed E-state index contributed by atoms with van der Waals surface area (Å²) in [6, 6.07) is 2.03. The zero-order valence-electron chi connectivity index (χ0n) is 17.0. The molecule has 0 aromatic carbocycles. The number of nitrogens with zero attached hydrogens (tertiary/aromatic N) is 5. The van der Waals surface area contributed by atoms with E-state index in [2.05, 4.69) is 25.0 Å². The second-order valence-corrected chi connectivity index (χ2v) is 8.73. The predicted octanol–water partition coefficient (Wildman–Crippen LogP) is 3.71. The number of hydrogen-bond donors (Lipinski definition) is 1. The normalized spacial score (nSPS) is 22.7. The third kappa shape index (κ3) is 3.74. The van der Waals surface area contributed by atoms with Crippen molar-refractivity contribution >= 4 is 11.9 Å². The number of rotatable bonds is 5. The zero-order valence-corrected chi connectivity index (χ0v) is 17.0. The number of carbonyl (C=O) groups excluding carboxylic acids is 1. The summed E-state index contributed by atoms with van der Waals surface area (Å²) in [5.41, 5.74) is 2.91. The summed E-state index contributed by atoms with van der Waals surface area (Å²) in [4.78, 5) is 26.7. The molecule has 5 rings (SSSR count). The molecule has 2 aromatic heterocycles. The Bertz CT molecular complexity index is 852. The van der Waals surface area contributed by atoms with Crippen molar-refractivity contribution in [1.82, 2.24) is 25.1 Å². The molecular weight excluding hydrogens is 364 g/mol. The molecule has 7 heteroatoms.